The van der Waals surface area contributed by atoms with Crippen LogP contribution in [-0.4, -0.2) is 40.2 Å². The average molecular weight is 479 g/mol. The van der Waals surface area contributed by atoms with Gasteiger partial charge >= 0.3 is 6.08 Å². The number of hydrogen-bond donors (Lipinski definition) is 2. The number of nitrogens with zero attached hydrogens (tertiary/aromatic N) is 4. The van der Waals surface area contributed by atoms with E-state index in [-0.39, 0.29) is 35.2 Å². The molecule has 0 saturated heterocycles. The number of benzene rings is 1. The Kier molecular flexibility index (Phi) is 6.37. The molecule has 8 nitrogen and oxygen atoms in total. The van der Waals surface area contributed by atoms with Gasteiger partial charge < -0.3 is 10.3 Å². The van der Waals surface area contributed by atoms with Crippen molar-refractivity contribution in [3.63, 3.8) is 0 Å². The molecule has 4 rings (SSSR count). The first kappa shape index (κ1) is 23.5. The highest BCUT2D eigenvalue weighted by Gasteiger charge is 2.25. The van der Waals surface area contributed by atoms with Gasteiger partial charge in [-0.1, -0.05) is 26.0 Å². The van der Waals surface area contributed by atoms with Gasteiger partial charge in [0.1, 0.15) is 12.0 Å². The van der Waals surface area contributed by atoms with E-state index in [2.05, 4.69) is 19.7 Å². The van der Waals surface area contributed by atoms with Crippen LogP contribution in [0.3, 0.4) is 0 Å². The van der Waals surface area contributed by atoms with Crippen molar-refractivity contribution >= 4 is 27.0 Å². The number of aromatic nitrogens is 4. The van der Waals surface area contributed by atoms with E-state index in [0.29, 0.717) is 37.2 Å². The summed E-state index contributed by atoms with van der Waals surface area (Å²) >= 11 is 0. The second-order valence-corrected chi connectivity index (χ2v) is 10.9. The average Bonchev–Trinajstić information content (AvgIpc) is 3.26. The fourth-order valence-corrected chi connectivity index (χ4v) is 5.28. The van der Waals surface area contributed by atoms with Crippen molar-refractivity contribution in [1.82, 2.24) is 24.2 Å². The minimum absolute atomic E-state index is 0.00484. The quantitative estimate of drug-likeness (QED) is 0.481. The second-order valence-electron chi connectivity index (χ2n) is 8.95. The molecule has 3 N–H and O–H groups in total. The first-order valence-corrected chi connectivity index (χ1v) is 12.6. The first-order valence-electron chi connectivity index (χ1n) is 11.0. The van der Waals surface area contributed by atoms with E-state index in [0.717, 1.165) is 16.7 Å². The summed E-state index contributed by atoms with van der Waals surface area (Å²) < 4.78 is 57.3. The van der Waals surface area contributed by atoms with E-state index in [1.165, 1.54) is 0 Å². The zero-order valence-electron chi connectivity index (χ0n) is 18.9. The Bertz CT molecular complexity index is 1310. The van der Waals surface area contributed by atoms with E-state index in [1.54, 1.807) is 4.57 Å². The second kappa shape index (κ2) is 8.94. The molecule has 1 aromatic carbocycles. The number of hydrogen-bond acceptors (Lipinski definition) is 6. The van der Waals surface area contributed by atoms with Gasteiger partial charge in [0, 0.05) is 19.5 Å². The number of nitrogens with one attached hydrogen (secondary N) is 1. The molecular weight excluding hydrogens is 450 g/mol. The summed E-state index contributed by atoms with van der Waals surface area (Å²) in [4.78, 5) is 11.9. The van der Waals surface area contributed by atoms with Crippen molar-refractivity contribution < 1.29 is 17.2 Å². The van der Waals surface area contributed by atoms with Gasteiger partial charge in [-0.2, -0.15) is 14.4 Å². The van der Waals surface area contributed by atoms with Crippen molar-refractivity contribution in [3.05, 3.63) is 46.3 Å². The summed E-state index contributed by atoms with van der Waals surface area (Å²) in [6.07, 6.45) is -0.525. The molecule has 11 heteroatoms. The Morgan fingerprint density at radius 1 is 1.27 bits per heavy atom. The standard InChI is InChI=1S/C22H28F2N6O2S/c1-12(2)11-26-33(31,32)7-6-30-18(27-19-20(25)28-22(24)29-21(19)30)10-15-9-16-14(8-13(15)3)4-5-17(16)23/h8-9,12,17,26H,4-7,10-11H2,1-3H3,(H2,25,28,29). The van der Waals surface area contributed by atoms with E-state index >= 15 is 0 Å². The summed E-state index contributed by atoms with van der Waals surface area (Å²) in [6, 6.07) is 3.84. The molecule has 0 bridgehead atoms. The van der Waals surface area contributed by atoms with Gasteiger partial charge in [-0.15, -0.1) is 0 Å². The van der Waals surface area contributed by atoms with Crippen LogP contribution in [0.15, 0.2) is 12.1 Å². The number of nitrogen functional groups attached to an aromatic ring is 1. The number of fused-ring (bicyclic) bond motifs is 2. The highest BCUT2D eigenvalue weighted by Crippen LogP contribution is 2.36. The van der Waals surface area contributed by atoms with E-state index in [1.807, 2.05) is 32.9 Å². The molecule has 0 aliphatic heterocycles. The molecule has 1 aliphatic carbocycles. The fraction of sp³-hybridized carbons (Fsp3) is 0.500. The number of sulfonamides is 1. The Morgan fingerprint density at radius 3 is 2.76 bits per heavy atom. The third kappa shape index (κ3) is 4.98. The van der Waals surface area contributed by atoms with E-state index in [4.69, 9.17) is 5.73 Å². The minimum atomic E-state index is -3.57. The zero-order valence-corrected chi connectivity index (χ0v) is 19.7. The van der Waals surface area contributed by atoms with Crippen LogP contribution < -0.4 is 10.5 Å². The maximum absolute atomic E-state index is 14.3. The van der Waals surface area contributed by atoms with Gasteiger partial charge in [-0.05, 0) is 47.9 Å². The van der Waals surface area contributed by atoms with Gasteiger partial charge in [-0.3, -0.25) is 0 Å². The monoisotopic (exact) mass is 478 g/mol. The molecule has 0 radical (unpaired) electrons. The fourth-order valence-electron chi connectivity index (χ4n) is 4.12. The Balaban J connectivity index is 1.71. The molecular formula is C22H28F2N6O2S. The maximum Gasteiger partial charge on any atom is 0.312 e. The van der Waals surface area contributed by atoms with E-state index < -0.39 is 22.3 Å². The van der Waals surface area contributed by atoms with Crippen molar-refractivity contribution in [2.45, 2.75) is 52.8 Å². The largest absolute Gasteiger partial charge is 0.382 e. The predicted octanol–water partition coefficient (Wildman–Crippen LogP) is 2.98. The van der Waals surface area contributed by atoms with Gasteiger partial charge in [0.05, 0.1) is 5.75 Å². The predicted molar refractivity (Wildman–Crippen MR) is 122 cm³/mol. The van der Waals surface area contributed by atoms with Crippen LogP contribution in [-0.2, 0) is 29.4 Å². The third-order valence-corrected chi connectivity index (χ3v) is 7.25. The third-order valence-electron chi connectivity index (χ3n) is 5.92. The van der Waals surface area contributed by atoms with Crippen LogP contribution >= 0.6 is 0 Å². The lowest BCUT2D eigenvalue weighted by Crippen LogP contribution is -2.31. The number of halogens is 2. The SMILES string of the molecule is Cc1cc2c(cc1Cc1nc3c(N)nc(F)nc3n1CCS(=O)(=O)NCC(C)C)C(F)CC2. The summed E-state index contributed by atoms with van der Waals surface area (Å²) in [5, 5.41) is 0. The van der Waals surface area contributed by atoms with Crippen LogP contribution in [0.4, 0.5) is 14.6 Å². The minimum Gasteiger partial charge on any atom is -0.382 e. The normalized spacial score (nSPS) is 16.1. The molecule has 3 aromatic rings. The summed E-state index contributed by atoms with van der Waals surface area (Å²) in [5.74, 6) is 0.271. The van der Waals surface area contributed by atoms with Crippen molar-refractivity contribution in [2.75, 3.05) is 18.0 Å². The molecule has 0 amide bonds. The molecule has 178 valence electrons. The number of rotatable bonds is 8. The lowest BCUT2D eigenvalue weighted by molar-refractivity contribution is 0.343. The van der Waals surface area contributed by atoms with Crippen molar-refractivity contribution in [2.24, 2.45) is 5.92 Å². The number of nitrogens with two attached hydrogens (primary N) is 1. The highest BCUT2D eigenvalue weighted by molar-refractivity contribution is 7.89. The number of aryl methyl sites for hydroxylation is 3. The molecule has 2 heterocycles. The topological polar surface area (TPSA) is 116 Å². The smallest absolute Gasteiger partial charge is 0.312 e. The Hall–Kier alpha value is -2.66. The van der Waals surface area contributed by atoms with Gasteiger partial charge in [0.2, 0.25) is 10.0 Å². The van der Waals surface area contributed by atoms with Crippen LogP contribution in [0.25, 0.3) is 11.2 Å². The number of alkyl halides is 1. The van der Waals surface area contributed by atoms with Gasteiger partial charge in [-0.25, -0.2) is 22.5 Å². The van der Waals surface area contributed by atoms with Gasteiger partial charge in [0.15, 0.2) is 17.0 Å². The molecule has 1 unspecified atom stereocenters. The van der Waals surface area contributed by atoms with Crippen LogP contribution in [0.2, 0.25) is 0 Å². The van der Waals surface area contributed by atoms with Crippen molar-refractivity contribution in [3.8, 4) is 0 Å². The molecule has 0 spiro atoms. The lowest BCUT2D eigenvalue weighted by atomic mass is 9.98. The molecule has 0 saturated carbocycles. The summed E-state index contributed by atoms with van der Waals surface area (Å²) in [5.41, 5.74) is 9.76. The van der Waals surface area contributed by atoms with Crippen LogP contribution in [0.5, 0.6) is 0 Å². The van der Waals surface area contributed by atoms with Crippen LogP contribution in [0, 0.1) is 18.9 Å². The number of imidazole rings is 1. The summed E-state index contributed by atoms with van der Waals surface area (Å²) in [6.45, 7) is 6.09. The summed E-state index contributed by atoms with van der Waals surface area (Å²) in [7, 11) is -3.57. The molecule has 33 heavy (non-hydrogen) atoms. The van der Waals surface area contributed by atoms with Gasteiger partial charge in [0.25, 0.3) is 0 Å². The molecule has 1 atom stereocenters. The van der Waals surface area contributed by atoms with Crippen molar-refractivity contribution in [1.29, 1.82) is 0 Å². The first-order chi connectivity index (χ1) is 15.5. The van der Waals surface area contributed by atoms with E-state index in [9.17, 15) is 17.2 Å². The van der Waals surface area contributed by atoms with Crippen LogP contribution in [0.1, 0.15) is 54.5 Å². The molecule has 0 fully saturated rings. The Labute approximate surface area is 191 Å². The highest BCUT2D eigenvalue weighted by atomic mass is 32.2. The number of anilines is 1. The lowest BCUT2D eigenvalue weighted by Gasteiger charge is -2.13. The maximum atomic E-state index is 14.3. The Morgan fingerprint density at radius 2 is 2.03 bits per heavy atom. The molecule has 2 aromatic heterocycles. The molecule has 1 aliphatic rings. The zero-order chi connectivity index (χ0) is 23.9.